The summed E-state index contributed by atoms with van der Waals surface area (Å²) in [6.07, 6.45) is 0. The average molecular weight is 360 g/mol. The fraction of sp³-hybridized carbons (Fsp3) is 0.211. The van der Waals surface area contributed by atoms with Crippen LogP contribution in [0.5, 0.6) is 0 Å². The molecule has 0 atom stereocenters. The number of carbonyl (C=O) groups is 1. The van der Waals surface area contributed by atoms with E-state index in [1.807, 2.05) is 30.3 Å². The topological polar surface area (TPSA) is 44.8 Å². The standard InChI is InChI=1S/C19H17FO4S/c1-19(2)18(21)16(12-7-5-4-6-8-12)17(23-19)13-9-10-15(14(20)11-13)25-24-22-3/h4-11H,1-3H3. The lowest BCUT2D eigenvalue weighted by Crippen LogP contribution is -2.29. The minimum atomic E-state index is -0.996. The van der Waals surface area contributed by atoms with Gasteiger partial charge in [-0.15, -0.1) is 0 Å². The number of benzene rings is 2. The van der Waals surface area contributed by atoms with Crippen molar-refractivity contribution in [3.63, 3.8) is 0 Å². The second-order valence-corrected chi connectivity index (χ2v) is 6.72. The van der Waals surface area contributed by atoms with Gasteiger partial charge in [0.2, 0.25) is 5.78 Å². The monoisotopic (exact) mass is 360 g/mol. The minimum absolute atomic E-state index is 0.129. The molecule has 1 aliphatic rings. The maximum Gasteiger partial charge on any atom is 0.210 e. The lowest BCUT2D eigenvalue weighted by molar-refractivity contribution is -0.160. The van der Waals surface area contributed by atoms with E-state index in [0.717, 1.165) is 17.6 Å². The number of hydrogen-bond donors (Lipinski definition) is 0. The fourth-order valence-electron chi connectivity index (χ4n) is 2.61. The SMILES string of the molecule is COOSc1ccc(C2=C(c3ccccc3)C(=O)C(C)(C)O2)cc1F. The highest BCUT2D eigenvalue weighted by Gasteiger charge is 2.42. The third kappa shape index (κ3) is 3.46. The molecule has 4 nitrogen and oxygen atoms in total. The van der Waals surface area contributed by atoms with E-state index in [2.05, 4.69) is 9.22 Å². The second kappa shape index (κ2) is 7.00. The van der Waals surface area contributed by atoms with Crippen LogP contribution in [0.15, 0.2) is 53.4 Å². The lowest BCUT2D eigenvalue weighted by atomic mass is 9.93. The molecule has 0 spiro atoms. The van der Waals surface area contributed by atoms with Crippen LogP contribution in [-0.2, 0) is 18.8 Å². The summed E-state index contributed by atoms with van der Waals surface area (Å²) in [7, 11) is 1.34. The predicted molar refractivity (Wildman–Crippen MR) is 93.8 cm³/mol. The lowest BCUT2D eigenvalue weighted by Gasteiger charge is -2.18. The summed E-state index contributed by atoms with van der Waals surface area (Å²) in [6, 6.07) is 13.8. The van der Waals surface area contributed by atoms with Gasteiger partial charge in [-0.25, -0.2) is 9.28 Å². The first-order valence-electron chi connectivity index (χ1n) is 7.65. The first-order chi connectivity index (χ1) is 11.9. The van der Waals surface area contributed by atoms with Crippen molar-refractivity contribution in [2.75, 3.05) is 7.11 Å². The zero-order valence-corrected chi connectivity index (χ0v) is 14.9. The molecular formula is C19H17FO4S. The van der Waals surface area contributed by atoms with Gasteiger partial charge in [0.05, 0.1) is 29.6 Å². The van der Waals surface area contributed by atoms with E-state index in [0.29, 0.717) is 16.9 Å². The fourth-order valence-corrected chi connectivity index (χ4v) is 3.01. The van der Waals surface area contributed by atoms with E-state index >= 15 is 0 Å². The van der Waals surface area contributed by atoms with E-state index in [1.165, 1.54) is 13.2 Å². The summed E-state index contributed by atoms with van der Waals surface area (Å²) in [5.74, 6) is -0.236. The molecule has 0 saturated carbocycles. The highest BCUT2D eigenvalue weighted by atomic mass is 32.2. The second-order valence-electron chi connectivity index (χ2n) is 5.97. The molecule has 2 aromatic carbocycles. The number of halogens is 1. The summed E-state index contributed by atoms with van der Waals surface area (Å²) in [5.41, 5.74) is 0.703. The summed E-state index contributed by atoms with van der Waals surface area (Å²) in [6.45, 7) is 3.41. The highest BCUT2D eigenvalue weighted by molar-refractivity contribution is 7.94. The van der Waals surface area contributed by atoms with Crippen molar-refractivity contribution in [3.05, 3.63) is 65.5 Å². The van der Waals surface area contributed by atoms with Gasteiger partial charge >= 0.3 is 0 Å². The number of ketones is 1. The van der Waals surface area contributed by atoms with Crippen molar-refractivity contribution >= 4 is 29.2 Å². The summed E-state index contributed by atoms with van der Waals surface area (Å²) in [4.78, 5) is 17.5. The van der Waals surface area contributed by atoms with E-state index in [-0.39, 0.29) is 10.7 Å². The molecule has 0 amide bonds. The molecule has 0 fully saturated rings. The smallest absolute Gasteiger partial charge is 0.210 e. The Morgan fingerprint density at radius 1 is 1.08 bits per heavy atom. The average Bonchev–Trinajstić information content (AvgIpc) is 2.84. The van der Waals surface area contributed by atoms with Gasteiger partial charge in [-0.1, -0.05) is 30.3 Å². The molecule has 1 aliphatic heterocycles. The molecule has 0 aromatic heterocycles. The van der Waals surface area contributed by atoms with Crippen molar-refractivity contribution in [1.29, 1.82) is 0 Å². The Bertz CT molecular complexity index is 831. The van der Waals surface area contributed by atoms with Gasteiger partial charge in [-0.05, 0) is 37.6 Å². The number of hydrogen-bond acceptors (Lipinski definition) is 5. The number of rotatable bonds is 5. The van der Waals surface area contributed by atoms with Crippen LogP contribution in [-0.4, -0.2) is 18.5 Å². The third-order valence-corrected chi connectivity index (χ3v) is 4.52. The van der Waals surface area contributed by atoms with Crippen LogP contribution in [0.3, 0.4) is 0 Å². The first-order valence-corrected chi connectivity index (χ1v) is 8.39. The van der Waals surface area contributed by atoms with Crippen LogP contribution in [0.1, 0.15) is 25.0 Å². The largest absolute Gasteiger partial charge is 0.478 e. The molecule has 0 radical (unpaired) electrons. The van der Waals surface area contributed by atoms with Crippen molar-refractivity contribution < 1.29 is 23.1 Å². The molecule has 3 rings (SSSR count). The number of Topliss-reactive ketones (excluding diaryl/α,β-unsaturated/α-hetero) is 1. The van der Waals surface area contributed by atoms with Crippen molar-refractivity contribution in [2.45, 2.75) is 24.3 Å². The number of carbonyl (C=O) groups excluding carboxylic acids is 1. The molecule has 0 unspecified atom stereocenters. The Hall–Kier alpha value is -2.15. The molecule has 0 saturated heterocycles. The quantitative estimate of drug-likeness (QED) is 0.441. The Balaban J connectivity index is 2.07. The van der Waals surface area contributed by atoms with Crippen molar-refractivity contribution in [2.24, 2.45) is 0 Å². The normalized spacial score (nSPS) is 16.2. The molecule has 2 aromatic rings. The van der Waals surface area contributed by atoms with Gasteiger partial charge in [-0.3, -0.25) is 4.79 Å². The zero-order valence-electron chi connectivity index (χ0n) is 14.0. The molecule has 0 bridgehead atoms. The van der Waals surface area contributed by atoms with Crippen LogP contribution in [0, 0.1) is 5.82 Å². The van der Waals surface area contributed by atoms with Crippen molar-refractivity contribution in [3.8, 4) is 0 Å². The van der Waals surface area contributed by atoms with E-state index < -0.39 is 11.4 Å². The van der Waals surface area contributed by atoms with E-state index in [1.54, 1.807) is 26.0 Å². The predicted octanol–water partition coefficient (Wildman–Crippen LogP) is 4.66. The molecule has 6 heteroatoms. The van der Waals surface area contributed by atoms with Gasteiger partial charge in [0, 0.05) is 5.56 Å². The molecule has 0 aliphatic carbocycles. The first kappa shape index (κ1) is 17.7. The summed E-state index contributed by atoms with van der Waals surface area (Å²) >= 11 is 0.775. The summed E-state index contributed by atoms with van der Waals surface area (Å²) in [5, 5.41) is 0. The zero-order chi connectivity index (χ0) is 18.0. The van der Waals surface area contributed by atoms with Gasteiger partial charge in [0.25, 0.3) is 0 Å². The van der Waals surface area contributed by atoms with Crippen LogP contribution in [0.2, 0.25) is 0 Å². The maximum absolute atomic E-state index is 14.3. The molecular weight excluding hydrogens is 343 g/mol. The maximum atomic E-state index is 14.3. The van der Waals surface area contributed by atoms with Crippen LogP contribution >= 0.6 is 12.0 Å². The van der Waals surface area contributed by atoms with Gasteiger partial charge in [-0.2, -0.15) is 4.33 Å². The highest BCUT2D eigenvalue weighted by Crippen LogP contribution is 2.41. The molecule has 25 heavy (non-hydrogen) atoms. The Kier molecular flexibility index (Phi) is 4.94. The summed E-state index contributed by atoms with van der Waals surface area (Å²) < 4.78 is 24.9. The Morgan fingerprint density at radius 3 is 2.44 bits per heavy atom. The number of ether oxygens (including phenoxy) is 1. The molecule has 0 N–H and O–H groups in total. The van der Waals surface area contributed by atoms with Crippen LogP contribution in [0.25, 0.3) is 11.3 Å². The third-order valence-electron chi connectivity index (χ3n) is 3.81. The van der Waals surface area contributed by atoms with Crippen molar-refractivity contribution in [1.82, 2.24) is 0 Å². The molecule has 1 heterocycles. The van der Waals surface area contributed by atoms with Gasteiger partial charge < -0.3 is 4.74 Å². The van der Waals surface area contributed by atoms with Gasteiger partial charge in [0.15, 0.2) is 5.60 Å². The molecule has 130 valence electrons. The Labute approximate surface area is 149 Å². The minimum Gasteiger partial charge on any atom is -0.478 e. The van der Waals surface area contributed by atoms with E-state index in [4.69, 9.17) is 4.74 Å². The van der Waals surface area contributed by atoms with E-state index in [9.17, 15) is 9.18 Å². The Morgan fingerprint density at radius 2 is 1.80 bits per heavy atom. The van der Waals surface area contributed by atoms with Crippen LogP contribution < -0.4 is 0 Å². The van der Waals surface area contributed by atoms with Crippen LogP contribution in [0.4, 0.5) is 4.39 Å². The van der Waals surface area contributed by atoms with Gasteiger partial charge in [0.1, 0.15) is 11.6 Å².